The van der Waals surface area contributed by atoms with Crippen molar-refractivity contribution in [1.29, 1.82) is 0 Å². The molecule has 2 rings (SSSR count). The summed E-state index contributed by atoms with van der Waals surface area (Å²) in [6.07, 6.45) is 0. The van der Waals surface area contributed by atoms with Gasteiger partial charge in [0.05, 0.1) is 11.1 Å². The number of hydrogen-bond acceptors (Lipinski definition) is 3. The third kappa shape index (κ3) is 4.45. The van der Waals surface area contributed by atoms with Gasteiger partial charge in [0.2, 0.25) is 0 Å². The highest BCUT2D eigenvalue weighted by Gasteiger charge is 2.07. The van der Waals surface area contributed by atoms with E-state index in [1.807, 2.05) is 13.0 Å². The lowest BCUT2D eigenvalue weighted by molar-refractivity contribution is 0.0685. The van der Waals surface area contributed by atoms with Gasteiger partial charge in [-0.2, -0.15) is 0 Å². The van der Waals surface area contributed by atoms with Crippen molar-refractivity contribution in [3.05, 3.63) is 62.2 Å². The largest absolute Gasteiger partial charge is 0.478 e. The molecular weight excluding hydrogens is 397 g/mol. The lowest BCUT2D eigenvalue weighted by Gasteiger charge is -2.02. The van der Waals surface area contributed by atoms with Crippen molar-refractivity contribution in [2.45, 2.75) is 13.8 Å². The van der Waals surface area contributed by atoms with Crippen LogP contribution in [0.2, 0.25) is 0 Å². The predicted octanol–water partition coefficient (Wildman–Crippen LogP) is 3.57. The fraction of sp³-hybridized carbons (Fsp3) is 0.125. The minimum atomic E-state index is -0.935. The van der Waals surface area contributed by atoms with Gasteiger partial charge in [0, 0.05) is 9.26 Å². The van der Waals surface area contributed by atoms with Crippen LogP contribution in [0.5, 0.6) is 0 Å². The third-order valence-corrected chi connectivity index (χ3v) is 4.27. The van der Waals surface area contributed by atoms with Crippen LogP contribution in [0.4, 0.5) is 5.69 Å². The highest BCUT2D eigenvalue weighted by molar-refractivity contribution is 14.1. The SMILES string of the molecule is Cc1c(I)cccc1C(=O)O.Cc1c(N)cccc1C(=O)O. The molecule has 0 atom stereocenters. The first-order chi connectivity index (χ1) is 10.3. The maximum atomic E-state index is 10.6. The highest BCUT2D eigenvalue weighted by Crippen LogP contribution is 2.15. The minimum Gasteiger partial charge on any atom is -0.478 e. The van der Waals surface area contributed by atoms with E-state index in [4.69, 9.17) is 15.9 Å². The summed E-state index contributed by atoms with van der Waals surface area (Å²) in [7, 11) is 0. The van der Waals surface area contributed by atoms with E-state index < -0.39 is 11.9 Å². The molecule has 0 heterocycles. The molecule has 0 aliphatic carbocycles. The fourth-order valence-electron chi connectivity index (χ4n) is 1.72. The molecule has 0 saturated carbocycles. The second kappa shape index (κ2) is 7.79. The van der Waals surface area contributed by atoms with Crippen LogP contribution < -0.4 is 5.73 Å². The summed E-state index contributed by atoms with van der Waals surface area (Å²) in [5, 5.41) is 17.3. The second-order valence-electron chi connectivity index (χ2n) is 4.54. The molecule has 22 heavy (non-hydrogen) atoms. The summed E-state index contributed by atoms with van der Waals surface area (Å²) in [6, 6.07) is 10.1. The van der Waals surface area contributed by atoms with Crippen molar-refractivity contribution in [2.75, 3.05) is 5.73 Å². The Balaban J connectivity index is 0.000000220. The number of nitrogen functional groups attached to an aromatic ring is 1. The van der Waals surface area contributed by atoms with E-state index in [0.717, 1.165) is 9.13 Å². The number of rotatable bonds is 2. The monoisotopic (exact) mass is 413 g/mol. The van der Waals surface area contributed by atoms with Crippen LogP contribution >= 0.6 is 22.6 Å². The van der Waals surface area contributed by atoms with E-state index in [-0.39, 0.29) is 5.56 Å². The van der Waals surface area contributed by atoms with E-state index in [1.54, 1.807) is 31.2 Å². The molecule has 4 N–H and O–H groups in total. The maximum absolute atomic E-state index is 10.6. The third-order valence-electron chi connectivity index (χ3n) is 3.10. The Kier molecular flexibility index (Phi) is 6.36. The Morgan fingerprint density at radius 2 is 1.36 bits per heavy atom. The van der Waals surface area contributed by atoms with Crippen LogP contribution in [0.1, 0.15) is 31.8 Å². The minimum absolute atomic E-state index is 0.269. The number of carbonyl (C=O) groups is 2. The molecule has 6 heteroatoms. The van der Waals surface area contributed by atoms with Gasteiger partial charge in [-0.3, -0.25) is 0 Å². The summed E-state index contributed by atoms with van der Waals surface area (Å²) < 4.78 is 0.988. The average Bonchev–Trinajstić information content (AvgIpc) is 2.45. The van der Waals surface area contributed by atoms with Gasteiger partial charge in [0.15, 0.2) is 0 Å². The number of nitrogens with two attached hydrogens (primary N) is 1. The van der Waals surface area contributed by atoms with Gasteiger partial charge < -0.3 is 15.9 Å². The second-order valence-corrected chi connectivity index (χ2v) is 5.70. The van der Waals surface area contributed by atoms with Crippen molar-refractivity contribution in [3.63, 3.8) is 0 Å². The number of benzene rings is 2. The molecule has 0 aliphatic rings. The Morgan fingerprint density at radius 3 is 1.77 bits per heavy atom. The highest BCUT2D eigenvalue weighted by atomic mass is 127. The van der Waals surface area contributed by atoms with E-state index >= 15 is 0 Å². The number of hydrogen-bond donors (Lipinski definition) is 3. The van der Waals surface area contributed by atoms with Gasteiger partial charge in [-0.15, -0.1) is 0 Å². The zero-order valence-electron chi connectivity index (χ0n) is 12.1. The molecule has 2 aromatic carbocycles. The molecule has 116 valence electrons. The van der Waals surface area contributed by atoms with E-state index in [1.165, 1.54) is 6.07 Å². The van der Waals surface area contributed by atoms with E-state index in [2.05, 4.69) is 22.6 Å². The van der Waals surface area contributed by atoms with Gasteiger partial charge in [-0.1, -0.05) is 12.1 Å². The van der Waals surface area contributed by atoms with Gasteiger partial charge in [0.25, 0.3) is 0 Å². The van der Waals surface area contributed by atoms with Crippen LogP contribution in [-0.2, 0) is 0 Å². The Morgan fingerprint density at radius 1 is 0.909 bits per heavy atom. The molecule has 0 unspecified atom stereocenters. The molecule has 0 radical (unpaired) electrons. The van der Waals surface area contributed by atoms with Gasteiger partial charge in [-0.05, 0) is 71.8 Å². The topological polar surface area (TPSA) is 101 Å². The van der Waals surface area contributed by atoms with Crippen LogP contribution in [0, 0.1) is 17.4 Å². The zero-order valence-corrected chi connectivity index (χ0v) is 14.3. The van der Waals surface area contributed by atoms with Gasteiger partial charge >= 0.3 is 11.9 Å². The van der Waals surface area contributed by atoms with E-state index in [9.17, 15) is 9.59 Å². The van der Waals surface area contributed by atoms with Crippen LogP contribution in [0.15, 0.2) is 36.4 Å². The summed E-state index contributed by atoms with van der Waals surface area (Å²) in [6.45, 7) is 3.50. The number of carboxylic acids is 2. The summed E-state index contributed by atoms with van der Waals surface area (Å²) in [5.41, 5.74) is 8.13. The lowest BCUT2D eigenvalue weighted by Crippen LogP contribution is -2.01. The zero-order chi connectivity index (χ0) is 16.9. The fourth-order valence-corrected chi connectivity index (χ4v) is 2.22. The number of carboxylic acid groups (broad SMARTS) is 2. The molecule has 0 aromatic heterocycles. The Labute approximate surface area is 141 Å². The molecule has 5 nitrogen and oxygen atoms in total. The first kappa shape index (κ1) is 18.0. The number of aromatic carboxylic acids is 2. The quantitative estimate of drug-likeness (QED) is 0.516. The molecule has 0 aliphatic heterocycles. The van der Waals surface area contributed by atoms with Crippen molar-refractivity contribution >= 4 is 40.2 Å². The molecule has 0 spiro atoms. The molecule has 0 bridgehead atoms. The lowest BCUT2D eigenvalue weighted by atomic mass is 10.1. The standard InChI is InChI=1S/C8H7IO2.C8H9NO2/c2*1-5-6(8(10)11)3-2-4-7(5)9/h2-4H,1H3,(H,10,11);2-4H,9H2,1H3,(H,10,11). The van der Waals surface area contributed by atoms with Gasteiger partial charge in [0.1, 0.15) is 0 Å². The molecule has 0 fully saturated rings. The van der Waals surface area contributed by atoms with Crippen molar-refractivity contribution in [2.24, 2.45) is 0 Å². The Bertz CT molecular complexity index is 652. The van der Waals surface area contributed by atoms with Crippen LogP contribution in [0.3, 0.4) is 0 Å². The summed E-state index contributed by atoms with van der Waals surface area (Å²) in [4.78, 5) is 21.1. The maximum Gasteiger partial charge on any atom is 0.336 e. The van der Waals surface area contributed by atoms with Crippen LogP contribution in [-0.4, -0.2) is 22.2 Å². The number of halogens is 1. The summed E-state index contributed by atoms with van der Waals surface area (Å²) in [5.74, 6) is -1.80. The average molecular weight is 413 g/mol. The van der Waals surface area contributed by atoms with Crippen molar-refractivity contribution in [1.82, 2.24) is 0 Å². The van der Waals surface area contributed by atoms with Crippen molar-refractivity contribution < 1.29 is 19.8 Å². The smallest absolute Gasteiger partial charge is 0.336 e. The summed E-state index contributed by atoms with van der Waals surface area (Å²) >= 11 is 2.12. The normalized spacial score (nSPS) is 9.59. The first-order valence-electron chi connectivity index (χ1n) is 6.32. The molecule has 0 saturated heterocycles. The molecular formula is C16H16INO4. The predicted molar refractivity (Wildman–Crippen MR) is 93.4 cm³/mol. The van der Waals surface area contributed by atoms with Crippen molar-refractivity contribution in [3.8, 4) is 0 Å². The molecule has 2 aromatic rings. The number of anilines is 1. The van der Waals surface area contributed by atoms with Gasteiger partial charge in [-0.25, -0.2) is 9.59 Å². The Hall–Kier alpha value is -2.09. The first-order valence-corrected chi connectivity index (χ1v) is 7.40. The van der Waals surface area contributed by atoms with Crippen LogP contribution in [0.25, 0.3) is 0 Å². The molecule has 0 amide bonds. The van der Waals surface area contributed by atoms with E-state index in [0.29, 0.717) is 16.8 Å².